The van der Waals surface area contributed by atoms with E-state index in [2.05, 4.69) is 23.2 Å². The molecule has 0 saturated carbocycles. The molecule has 19 heavy (non-hydrogen) atoms. The molecule has 3 heteroatoms. The summed E-state index contributed by atoms with van der Waals surface area (Å²) in [4.78, 5) is 0. The van der Waals surface area contributed by atoms with E-state index in [1.54, 1.807) is 24.3 Å². The Morgan fingerprint density at radius 2 is 1.16 bits per heavy atom. The fourth-order valence-corrected chi connectivity index (χ4v) is 1.45. The maximum absolute atomic E-state index is 10.3. The summed E-state index contributed by atoms with van der Waals surface area (Å²) in [6, 6.07) is 16.7. The largest absolute Gasteiger partial charge is 0.872 e. The molecule has 2 nitrogen and oxygen atoms in total. The fourth-order valence-electron chi connectivity index (χ4n) is 1.05. The molecule has 2 aromatic carbocycles. The number of unbranched alkanes of at least 4 members (excludes halogenated alkanes) is 1. The molecular formula is C16H19AlO2. The van der Waals surface area contributed by atoms with Crippen molar-refractivity contribution in [1.82, 2.24) is 0 Å². The third-order valence-electron chi connectivity index (χ3n) is 2.04. The van der Waals surface area contributed by atoms with E-state index in [9.17, 15) is 10.2 Å². The van der Waals surface area contributed by atoms with Crippen LogP contribution in [0.15, 0.2) is 60.7 Å². The first kappa shape index (κ1) is 17.6. The molecule has 0 heterocycles. The molecule has 0 spiro atoms. The van der Waals surface area contributed by atoms with Gasteiger partial charge in [-0.25, -0.2) is 0 Å². The quantitative estimate of drug-likeness (QED) is 0.788. The van der Waals surface area contributed by atoms with Crippen LogP contribution in [0.2, 0.25) is 5.28 Å². The van der Waals surface area contributed by atoms with Crippen LogP contribution >= 0.6 is 0 Å². The Hall–Kier alpha value is -1.43. The minimum absolute atomic E-state index is 0.0718. The Labute approximate surface area is 124 Å². The van der Waals surface area contributed by atoms with Crippen LogP contribution in [0, 0.1) is 0 Å². The van der Waals surface area contributed by atoms with E-state index < -0.39 is 0 Å². The summed E-state index contributed by atoms with van der Waals surface area (Å²) in [6.07, 6.45) is 2.67. The molecule has 2 aromatic rings. The van der Waals surface area contributed by atoms with E-state index in [1.807, 2.05) is 12.1 Å². The molecule has 0 bridgehead atoms. The third-order valence-corrected chi connectivity index (χ3v) is 2.45. The molecule has 0 aliphatic carbocycles. The number of para-hydroxylation sites is 2. The standard InChI is InChI=1S/2C6H6O.C4H9.Al/c2*7-6-4-2-1-3-5-6;1-3-4-2;/h2*1-5,7H;1,3-4H2,2H3;/q;;;+2/p-2. The molecule has 98 valence electrons. The van der Waals surface area contributed by atoms with E-state index in [0.29, 0.717) is 0 Å². The van der Waals surface area contributed by atoms with Crippen LogP contribution in [-0.4, -0.2) is 16.3 Å². The van der Waals surface area contributed by atoms with Crippen molar-refractivity contribution in [2.24, 2.45) is 0 Å². The summed E-state index contributed by atoms with van der Waals surface area (Å²) in [5.74, 6) is 0.144. The van der Waals surface area contributed by atoms with Crippen LogP contribution in [0.5, 0.6) is 11.5 Å². The van der Waals surface area contributed by atoms with Crippen LogP contribution in [-0.2, 0) is 0 Å². The van der Waals surface area contributed by atoms with Crippen LogP contribution in [0.4, 0.5) is 0 Å². The van der Waals surface area contributed by atoms with Gasteiger partial charge in [-0.1, -0.05) is 60.7 Å². The Bertz CT molecular complexity index is 351. The van der Waals surface area contributed by atoms with Crippen molar-refractivity contribution in [3.8, 4) is 11.5 Å². The average Bonchev–Trinajstić information content (AvgIpc) is 2.43. The normalized spacial score (nSPS) is 8.58. The summed E-state index contributed by atoms with van der Waals surface area (Å²) in [7, 11) is 0. The topological polar surface area (TPSA) is 46.1 Å². The van der Waals surface area contributed by atoms with Gasteiger partial charge in [0.1, 0.15) is 0 Å². The van der Waals surface area contributed by atoms with Crippen molar-refractivity contribution in [3.63, 3.8) is 0 Å². The smallest absolute Gasteiger partial charge is 0.0623 e. The van der Waals surface area contributed by atoms with Crippen LogP contribution in [0.25, 0.3) is 0 Å². The zero-order valence-electron chi connectivity index (χ0n) is 11.3. The Morgan fingerprint density at radius 3 is 1.26 bits per heavy atom. The minimum atomic E-state index is 0.0718. The van der Waals surface area contributed by atoms with Gasteiger partial charge >= 0.3 is 41.3 Å². The molecule has 0 N–H and O–H groups in total. The summed E-state index contributed by atoms with van der Waals surface area (Å²) in [5.41, 5.74) is 0. The minimum Gasteiger partial charge on any atom is -0.872 e. The zero-order chi connectivity index (χ0) is 14.3. The van der Waals surface area contributed by atoms with Crippen molar-refractivity contribution in [2.45, 2.75) is 25.0 Å². The third kappa shape index (κ3) is 12.8. The molecule has 0 atom stereocenters. The number of hydrogen-bond acceptors (Lipinski definition) is 2. The van der Waals surface area contributed by atoms with Crippen molar-refractivity contribution in [2.75, 3.05) is 0 Å². The first-order valence-corrected chi connectivity index (χ1v) is 7.16. The number of benzene rings is 2. The van der Waals surface area contributed by atoms with Gasteiger partial charge in [-0.2, -0.15) is 0 Å². The van der Waals surface area contributed by atoms with Gasteiger partial charge in [-0.05, 0) is 0 Å². The predicted octanol–water partition coefficient (Wildman–Crippen LogP) is 2.89. The maximum atomic E-state index is 10.3. The van der Waals surface area contributed by atoms with Gasteiger partial charge in [0.25, 0.3) is 0 Å². The molecule has 0 unspecified atom stereocenters. The van der Waals surface area contributed by atoms with Crippen LogP contribution < -0.4 is 10.2 Å². The molecule has 0 aromatic heterocycles. The summed E-state index contributed by atoms with van der Waals surface area (Å²) in [5, 5.41) is 21.8. The van der Waals surface area contributed by atoms with E-state index in [-0.39, 0.29) is 11.5 Å². The van der Waals surface area contributed by atoms with E-state index in [1.165, 1.54) is 42.4 Å². The molecule has 0 aliphatic heterocycles. The van der Waals surface area contributed by atoms with Gasteiger partial charge in [0, 0.05) is 0 Å². The Balaban J connectivity index is 0.000000261. The molecule has 0 radical (unpaired) electrons. The first-order chi connectivity index (χ1) is 9.20. The Kier molecular flexibility index (Phi) is 12.0. The van der Waals surface area contributed by atoms with Gasteiger partial charge in [-0.3, -0.25) is 0 Å². The predicted molar refractivity (Wildman–Crippen MR) is 77.2 cm³/mol. The second kappa shape index (κ2) is 13.0. The van der Waals surface area contributed by atoms with Gasteiger partial charge in [0.2, 0.25) is 0 Å². The SMILES string of the molecule is CCC[CH2][Al+2].[O-]c1ccccc1.[O-]c1ccccc1. The second-order valence-electron chi connectivity index (χ2n) is 3.77. The van der Waals surface area contributed by atoms with Crippen molar-refractivity contribution in [3.05, 3.63) is 60.7 Å². The van der Waals surface area contributed by atoms with E-state index in [0.717, 1.165) is 0 Å². The first-order valence-electron chi connectivity index (χ1n) is 6.34. The summed E-state index contributed by atoms with van der Waals surface area (Å²) in [6.45, 7) is 2.20. The van der Waals surface area contributed by atoms with Crippen molar-refractivity contribution < 1.29 is 10.2 Å². The molecular weight excluding hydrogens is 251 g/mol. The molecule has 0 saturated heterocycles. The molecule has 0 aliphatic rings. The van der Waals surface area contributed by atoms with E-state index in [4.69, 9.17) is 0 Å². The van der Waals surface area contributed by atoms with Crippen LogP contribution in [0.3, 0.4) is 0 Å². The van der Waals surface area contributed by atoms with Crippen molar-refractivity contribution >= 4 is 16.3 Å². The summed E-state index contributed by atoms with van der Waals surface area (Å²) < 4.78 is 0. The zero-order valence-corrected chi connectivity index (χ0v) is 12.4. The summed E-state index contributed by atoms with van der Waals surface area (Å²) >= 11 is 2.70. The van der Waals surface area contributed by atoms with E-state index >= 15 is 0 Å². The van der Waals surface area contributed by atoms with Gasteiger partial charge < -0.3 is 10.2 Å². The molecule has 0 fully saturated rings. The van der Waals surface area contributed by atoms with Gasteiger partial charge in [0.15, 0.2) is 0 Å². The van der Waals surface area contributed by atoms with Crippen molar-refractivity contribution in [1.29, 1.82) is 0 Å². The average molecular weight is 270 g/mol. The van der Waals surface area contributed by atoms with Gasteiger partial charge in [-0.15, -0.1) is 11.5 Å². The molecule has 2 rings (SSSR count). The fraction of sp³-hybridized carbons (Fsp3) is 0.250. The van der Waals surface area contributed by atoms with Gasteiger partial charge in [0.05, 0.1) is 0 Å². The number of rotatable bonds is 2. The van der Waals surface area contributed by atoms with Crippen LogP contribution in [0.1, 0.15) is 19.8 Å². The monoisotopic (exact) mass is 270 g/mol. The maximum Gasteiger partial charge on any atom is -0.0623 e. The second-order valence-corrected chi connectivity index (χ2v) is 4.35. The number of hydrogen-bond donors (Lipinski definition) is 0. The Morgan fingerprint density at radius 1 is 0.789 bits per heavy atom. The molecule has 0 amide bonds.